The van der Waals surface area contributed by atoms with Crippen LogP contribution in [0.2, 0.25) is 0 Å². The zero-order valence-corrected chi connectivity index (χ0v) is 14.3. The van der Waals surface area contributed by atoms with E-state index in [-0.39, 0.29) is 25.1 Å². The fraction of sp³-hybridized carbons (Fsp3) is 0.429. The third-order valence-electron chi connectivity index (χ3n) is 3.48. The highest BCUT2D eigenvalue weighted by atomic mass is 35.5. The van der Waals surface area contributed by atoms with Crippen LogP contribution in [-0.2, 0) is 11.2 Å². The van der Waals surface area contributed by atoms with Crippen LogP contribution in [0.4, 0.5) is 0 Å². The average Bonchev–Trinajstić information content (AvgIpc) is 3.03. The van der Waals surface area contributed by atoms with E-state index in [4.69, 9.17) is 21.0 Å². The van der Waals surface area contributed by atoms with Gasteiger partial charge in [-0.15, -0.1) is 17.5 Å². The molecular formula is C14H20BClN6O3. The lowest BCUT2D eigenvalue weighted by Gasteiger charge is -2.12. The molecule has 1 unspecified atom stereocenters. The number of aromatic nitrogens is 4. The fourth-order valence-corrected chi connectivity index (χ4v) is 2.23. The Kier molecular flexibility index (Phi) is 9.05. The summed E-state index contributed by atoms with van der Waals surface area (Å²) < 4.78 is 6.28. The molecular weight excluding hydrogens is 346 g/mol. The second-order valence-corrected chi connectivity index (χ2v) is 5.30. The molecule has 1 atom stereocenters. The molecule has 0 aliphatic rings. The van der Waals surface area contributed by atoms with Gasteiger partial charge in [0.15, 0.2) is 5.82 Å². The van der Waals surface area contributed by atoms with Gasteiger partial charge in [0.1, 0.15) is 0 Å². The minimum absolute atomic E-state index is 0. The van der Waals surface area contributed by atoms with Crippen molar-refractivity contribution in [3.05, 3.63) is 41.2 Å². The number of halogens is 1. The number of unbranched alkanes of at least 4 members (excludes halogenated alkanes) is 1. The first-order valence-electron chi connectivity index (χ1n) is 7.58. The second-order valence-electron chi connectivity index (χ2n) is 5.30. The molecule has 9 nitrogen and oxygen atoms in total. The highest BCUT2D eigenvalue weighted by Gasteiger charge is 2.15. The predicted octanol–water partition coefficient (Wildman–Crippen LogP) is 0.171. The average molecular weight is 367 g/mol. The molecule has 0 saturated heterocycles. The van der Waals surface area contributed by atoms with E-state index in [2.05, 4.69) is 26.2 Å². The largest absolute Gasteiger partial charge is 0.633 e. The summed E-state index contributed by atoms with van der Waals surface area (Å²) in [7, 11) is -1.74. The van der Waals surface area contributed by atoms with E-state index in [0.29, 0.717) is 30.8 Å². The number of nitrogens with zero attached hydrogens (tertiary/aromatic N) is 5. The molecule has 134 valence electrons. The Morgan fingerprint density at radius 3 is 2.64 bits per heavy atom. The van der Waals surface area contributed by atoms with Gasteiger partial charge in [0.25, 0.3) is 0 Å². The minimum atomic E-state index is -1.74. The molecule has 0 saturated carbocycles. The number of nitrogens with two attached hydrogens (primary N) is 1. The number of tetrazole rings is 1. The highest BCUT2D eigenvalue weighted by Crippen LogP contribution is 2.15. The summed E-state index contributed by atoms with van der Waals surface area (Å²) in [6, 6.07) is 8.95. The Morgan fingerprint density at radius 2 is 2.00 bits per heavy atom. The van der Waals surface area contributed by atoms with Crippen molar-refractivity contribution in [2.45, 2.75) is 31.8 Å². The van der Waals surface area contributed by atoms with Crippen LogP contribution in [0.25, 0.3) is 0 Å². The Hall–Kier alpha value is -2.03. The zero-order valence-electron chi connectivity index (χ0n) is 13.5. The lowest BCUT2D eigenvalue weighted by atomic mass is 10.1. The number of nitriles is 1. The molecule has 2 aromatic rings. The van der Waals surface area contributed by atoms with Gasteiger partial charge in [-0.2, -0.15) is 5.26 Å². The number of benzene rings is 1. The van der Waals surface area contributed by atoms with Crippen LogP contribution in [0.15, 0.2) is 24.3 Å². The molecule has 0 fully saturated rings. The second kappa shape index (κ2) is 10.8. The van der Waals surface area contributed by atoms with Gasteiger partial charge in [-0.05, 0) is 47.4 Å². The molecule has 1 heterocycles. The van der Waals surface area contributed by atoms with Gasteiger partial charge in [-0.3, -0.25) is 0 Å². The Balaban J connectivity index is 0.00000312. The Bertz CT molecular complexity index is 676. The molecule has 2 rings (SSSR count). The molecule has 0 bridgehead atoms. The summed E-state index contributed by atoms with van der Waals surface area (Å²) in [4.78, 5) is 0. The van der Waals surface area contributed by atoms with E-state index in [1.807, 2.05) is 12.1 Å². The van der Waals surface area contributed by atoms with E-state index in [1.54, 1.807) is 16.8 Å². The lowest BCUT2D eigenvalue weighted by Crippen LogP contribution is -2.19. The quantitative estimate of drug-likeness (QED) is 0.421. The Labute approximate surface area is 152 Å². The molecule has 4 N–H and O–H groups in total. The minimum Gasteiger partial charge on any atom is -0.402 e. The smallest absolute Gasteiger partial charge is 0.402 e. The van der Waals surface area contributed by atoms with Crippen LogP contribution >= 0.6 is 12.4 Å². The summed E-state index contributed by atoms with van der Waals surface area (Å²) >= 11 is 0. The van der Waals surface area contributed by atoms with Crippen molar-refractivity contribution in [1.29, 1.82) is 5.26 Å². The fourth-order valence-electron chi connectivity index (χ4n) is 2.23. The van der Waals surface area contributed by atoms with Gasteiger partial charge < -0.3 is 20.4 Å². The maximum Gasteiger partial charge on any atom is 0.633 e. The van der Waals surface area contributed by atoms with Crippen LogP contribution in [0.3, 0.4) is 0 Å². The maximum atomic E-state index is 8.81. The normalized spacial score (nSPS) is 11.4. The number of rotatable bonds is 9. The van der Waals surface area contributed by atoms with Crippen molar-refractivity contribution in [2.75, 3.05) is 6.61 Å². The van der Waals surface area contributed by atoms with Gasteiger partial charge in [0.2, 0.25) is 0 Å². The lowest BCUT2D eigenvalue weighted by molar-refractivity contribution is 0.181. The monoisotopic (exact) mass is 366 g/mol. The summed E-state index contributed by atoms with van der Waals surface area (Å²) in [6.07, 6.45) is 2.05. The molecule has 1 aromatic carbocycles. The van der Waals surface area contributed by atoms with Crippen LogP contribution in [-0.4, -0.2) is 44.2 Å². The summed E-state index contributed by atoms with van der Waals surface area (Å²) in [5, 5.41) is 37.6. The van der Waals surface area contributed by atoms with E-state index in [1.165, 1.54) is 0 Å². The standard InChI is InChI=1S/C14H19BN6O3.ClH/c16-9-11-4-6-12(7-5-11)10-21-14(18-19-20-21)13(17)3-1-2-8-24-15(22)23;/h4-7,13,22-23H,1-3,8,10,17H2;1H. The summed E-state index contributed by atoms with van der Waals surface area (Å²) in [6.45, 7) is 0.724. The van der Waals surface area contributed by atoms with Crippen molar-refractivity contribution >= 4 is 19.7 Å². The first-order chi connectivity index (χ1) is 11.6. The molecule has 0 aliphatic carbocycles. The van der Waals surface area contributed by atoms with E-state index < -0.39 is 7.32 Å². The van der Waals surface area contributed by atoms with Crippen molar-refractivity contribution < 1.29 is 14.7 Å². The first kappa shape index (κ1) is 21.0. The molecule has 0 radical (unpaired) electrons. The molecule has 11 heteroatoms. The first-order valence-corrected chi connectivity index (χ1v) is 7.58. The number of hydrogen-bond acceptors (Lipinski definition) is 8. The van der Waals surface area contributed by atoms with Crippen molar-refractivity contribution in [2.24, 2.45) is 5.73 Å². The predicted molar refractivity (Wildman–Crippen MR) is 92.2 cm³/mol. The van der Waals surface area contributed by atoms with Gasteiger partial charge in [0, 0.05) is 6.61 Å². The highest BCUT2D eigenvalue weighted by molar-refractivity contribution is 6.32. The summed E-state index contributed by atoms with van der Waals surface area (Å²) in [5.74, 6) is 0.586. The van der Waals surface area contributed by atoms with Gasteiger partial charge in [-0.1, -0.05) is 12.1 Å². The third-order valence-corrected chi connectivity index (χ3v) is 3.48. The van der Waals surface area contributed by atoms with Crippen molar-refractivity contribution in [3.8, 4) is 6.07 Å². The third kappa shape index (κ3) is 6.77. The molecule has 25 heavy (non-hydrogen) atoms. The van der Waals surface area contributed by atoms with E-state index in [9.17, 15) is 0 Å². The molecule has 1 aromatic heterocycles. The van der Waals surface area contributed by atoms with E-state index in [0.717, 1.165) is 12.0 Å². The maximum absolute atomic E-state index is 8.81. The van der Waals surface area contributed by atoms with Crippen LogP contribution < -0.4 is 5.73 Å². The van der Waals surface area contributed by atoms with E-state index >= 15 is 0 Å². The van der Waals surface area contributed by atoms with Gasteiger partial charge in [0.05, 0.1) is 24.2 Å². The van der Waals surface area contributed by atoms with Crippen molar-refractivity contribution in [1.82, 2.24) is 20.2 Å². The van der Waals surface area contributed by atoms with Crippen molar-refractivity contribution in [3.63, 3.8) is 0 Å². The van der Waals surface area contributed by atoms with Crippen LogP contribution in [0, 0.1) is 11.3 Å². The molecule has 0 aliphatic heterocycles. The molecule has 0 spiro atoms. The van der Waals surface area contributed by atoms with Gasteiger partial charge >= 0.3 is 7.32 Å². The summed E-state index contributed by atoms with van der Waals surface area (Å²) in [5.41, 5.74) is 7.71. The topological polar surface area (TPSA) is 143 Å². The Morgan fingerprint density at radius 1 is 1.28 bits per heavy atom. The molecule has 0 amide bonds. The zero-order chi connectivity index (χ0) is 17.4. The SMILES string of the molecule is Cl.N#Cc1ccc(Cn2nnnc2C(N)CCCCOB(O)O)cc1. The number of hydrogen-bond donors (Lipinski definition) is 3. The van der Waals surface area contributed by atoms with Gasteiger partial charge in [-0.25, -0.2) is 4.68 Å². The van der Waals surface area contributed by atoms with Crippen LogP contribution in [0.1, 0.15) is 42.3 Å². The van der Waals surface area contributed by atoms with Crippen LogP contribution in [0.5, 0.6) is 0 Å².